The Morgan fingerprint density at radius 3 is 2.66 bits per heavy atom. The molecule has 0 radical (unpaired) electrons. The molecular weight excluding hydrogens is 408 g/mol. The lowest BCUT2D eigenvalue weighted by Crippen LogP contribution is -2.43. The van der Waals surface area contributed by atoms with E-state index in [1.807, 2.05) is 60.8 Å². The highest BCUT2D eigenvalue weighted by molar-refractivity contribution is 5.95. The molecule has 4 aromatic rings. The number of nitrogens with zero attached hydrogens (tertiary/aromatic N) is 1. The van der Waals surface area contributed by atoms with Gasteiger partial charge in [0, 0.05) is 23.5 Å². The minimum absolute atomic E-state index is 0.0522. The van der Waals surface area contributed by atoms with Gasteiger partial charge in [0.05, 0.1) is 13.2 Å². The number of oxazole rings is 1. The average Bonchev–Trinajstić information content (AvgIpc) is 3.47. The summed E-state index contributed by atoms with van der Waals surface area (Å²) in [4.78, 5) is 32.5. The van der Waals surface area contributed by atoms with E-state index in [-0.39, 0.29) is 18.0 Å². The predicted octanol–water partition coefficient (Wildman–Crippen LogP) is 2.91. The van der Waals surface area contributed by atoms with Crippen molar-refractivity contribution in [1.29, 1.82) is 0 Å². The second-order valence-electron chi connectivity index (χ2n) is 7.48. The van der Waals surface area contributed by atoms with Gasteiger partial charge in [-0.25, -0.2) is 9.78 Å². The number of carbonyl (C=O) groups is 2. The van der Waals surface area contributed by atoms with Gasteiger partial charge < -0.3 is 25.2 Å². The standard InChI is InChI=1S/C24H24N4O4/c1-31-24(30)20(12-16-13-26-19-10-6-5-9-17(16)19)27-22(29)21-14-32-23(28-21)18(25)11-15-7-3-2-4-8-15/h2-10,13-14,18,20,26H,11-12,25H2,1H3,(H,27,29). The quantitative estimate of drug-likeness (QED) is 0.368. The normalized spacial score (nSPS) is 12.9. The smallest absolute Gasteiger partial charge is 0.328 e. The number of esters is 1. The molecule has 0 saturated heterocycles. The number of para-hydroxylation sites is 1. The Hall–Kier alpha value is -3.91. The number of hydrogen-bond donors (Lipinski definition) is 3. The fourth-order valence-electron chi connectivity index (χ4n) is 3.61. The van der Waals surface area contributed by atoms with Crippen molar-refractivity contribution < 1.29 is 18.7 Å². The van der Waals surface area contributed by atoms with Crippen LogP contribution in [-0.4, -0.2) is 35.0 Å². The van der Waals surface area contributed by atoms with E-state index in [2.05, 4.69) is 15.3 Å². The van der Waals surface area contributed by atoms with E-state index >= 15 is 0 Å². The first-order valence-electron chi connectivity index (χ1n) is 10.2. The molecule has 1 amide bonds. The summed E-state index contributed by atoms with van der Waals surface area (Å²) in [5, 5.41) is 3.68. The van der Waals surface area contributed by atoms with Crippen molar-refractivity contribution in [3.05, 3.63) is 89.8 Å². The van der Waals surface area contributed by atoms with Gasteiger partial charge in [-0.05, 0) is 23.6 Å². The molecule has 0 spiro atoms. The molecule has 0 aliphatic heterocycles. The lowest BCUT2D eigenvalue weighted by molar-refractivity contribution is -0.142. The van der Waals surface area contributed by atoms with E-state index in [1.165, 1.54) is 13.4 Å². The number of fused-ring (bicyclic) bond motifs is 1. The van der Waals surface area contributed by atoms with Gasteiger partial charge in [-0.3, -0.25) is 4.79 Å². The van der Waals surface area contributed by atoms with E-state index in [0.717, 1.165) is 22.0 Å². The van der Waals surface area contributed by atoms with Crippen molar-refractivity contribution in [2.24, 2.45) is 5.73 Å². The van der Waals surface area contributed by atoms with Crippen LogP contribution in [0.5, 0.6) is 0 Å². The van der Waals surface area contributed by atoms with Crippen LogP contribution in [0.1, 0.15) is 33.5 Å². The molecule has 0 bridgehead atoms. The molecule has 2 atom stereocenters. The van der Waals surface area contributed by atoms with Crippen molar-refractivity contribution >= 4 is 22.8 Å². The van der Waals surface area contributed by atoms with Crippen LogP contribution in [0.2, 0.25) is 0 Å². The molecule has 8 nitrogen and oxygen atoms in total. The van der Waals surface area contributed by atoms with Gasteiger partial charge in [-0.15, -0.1) is 0 Å². The first-order valence-corrected chi connectivity index (χ1v) is 10.2. The Morgan fingerprint density at radius 1 is 1.12 bits per heavy atom. The van der Waals surface area contributed by atoms with Crippen LogP contribution in [0.25, 0.3) is 10.9 Å². The zero-order chi connectivity index (χ0) is 22.5. The molecule has 4 N–H and O–H groups in total. The number of aromatic amines is 1. The van der Waals surface area contributed by atoms with Crippen LogP contribution in [0, 0.1) is 0 Å². The predicted molar refractivity (Wildman–Crippen MR) is 119 cm³/mol. The molecular formula is C24H24N4O4. The number of hydrogen-bond acceptors (Lipinski definition) is 6. The molecule has 0 aliphatic rings. The van der Waals surface area contributed by atoms with Gasteiger partial charge in [-0.1, -0.05) is 48.5 Å². The van der Waals surface area contributed by atoms with Crippen molar-refractivity contribution in [3.63, 3.8) is 0 Å². The first-order chi connectivity index (χ1) is 15.5. The monoisotopic (exact) mass is 432 g/mol. The maximum absolute atomic E-state index is 12.8. The van der Waals surface area contributed by atoms with E-state index in [1.54, 1.807) is 0 Å². The second-order valence-corrected chi connectivity index (χ2v) is 7.48. The molecule has 4 rings (SSSR count). The fourth-order valence-corrected chi connectivity index (χ4v) is 3.61. The molecule has 2 aromatic carbocycles. The summed E-state index contributed by atoms with van der Waals surface area (Å²) in [6.45, 7) is 0. The number of ether oxygens (including phenoxy) is 1. The number of aromatic nitrogens is 2. The molecule has 32 heavy (non-hydrogen) atoms. The highest BCUT2D eigenvalue weighted by atomic mass is 16.5. The molecule has 164 valence electrons. The summed E-state index contributed by atoms with van der Waals surface area (Å²) in [5.74, 6) is -0.833. The maximum atomic E-state index is 12.8. The van der Waals surface area contributed by atoms with Gasteiger partial charge in [-0.2, -0.15) is 0 Å². The zero-order valence-electron chi connectivity index (χ0n) is 17.6. The molecule has 2 aromatic heterocycles. The fraction of sp³-hybridized carbons (Fsp3) is 0.208. The first kappa shape index (κ1) is 21.3. The minimum Gasteiger partial charge on any atom is -0.467 e. The van der Waals surface area contributed by atoms with Gasteiger partial charge in [0.25, 0.3) is 5.91 Å². The molecule has 0 saturated carbocycles. The van der Waals surface area contributed by atoms with Crippen LogP contribution >= 0.6 is 0 Å². The topological polar surface area (TPSA) is 123 Å². The summed E-state index contributed by atoms with van der Waals surface area (Å²) in [7, 11) is 1.29. The Balaban J connectivity index is 1.46. The molecule has 2 heterocycles. The summed E-state index contributed by atoms with van der Waals surface area (Å²) >= 11 is 0. The van der Waals surface area contributed by atoms with E-state index in [4.69, 9.17) is 14.9 Å². The van der Waals surface area contributed by atoms with E-state index in [0.29, 0.717) is 6.42 Å². The van der Waals surface area contributed by atoms with Crippen molar-refractivity contribution in [1.82, 2.24) is 15.3 Å². The Kier molecular flexibility index (Phi) is 6.32. The van der Waals surface area contributed by atoms with E-state index in [9.17, 15) is 9.59 Å². The van der Waals surface area contributed by atoms with Gasteiger partial charge in [0.15, 0.2) is 5.69 Å². The zero-order valence-corrected chi connectivity index (χ0v) is 17.6. The lowest BCUT2D eigenvalue weighted by atomic mass is 10.0. The molecule has 0 fully saturated rings. The van der Waals surface area contributed by atoms with Crippen molar-refractivity contribution in [3.8, 4) is 0 Å². The van der Waals surface area contributed by atoms with Gasteiger partial charge in [0.2, 0.25) is 5.89 Å². The molecule has 8 heteroatoms. The number of rotatable bonds is 8. The highest BCUT2D eigenvalue weighted by Gasteiger charge is 2.26. The van der Waals surface area contributed by atoms with Crippen LogP contribution < -0.4 is 11.1 Å². The number of carbonyl (C=O) groups excluding carboxylic acids is 2. The van der Waals surface area contributed by atoms with Crippen LogP contribution in [0.4, 0.5) is 0 Å². The molecule has 2 unspecified atom stereocenters. The van der Waals surface area contributed by atoms with Crippen LogP contribution in [0.15, 0.2) is 71.5 Å². The Labute approximate surface area is 184 Å². The number of nitrogens with two attached hydrogens (primary N) is 1. The second kappa shape index (κ2) is 9.49. The van der Waals surface area contributed by atoms with Crippen molar-refractivity contribution in [2.45, 2.75) is 24.9 Å². The number of H-pyrrole nitrogens is 1. The third-order valence-corrected chi connectivity index (χ3v) is 5.26. The Bertz CT molecular complexity index is 1210. The van der Waals surface area contributed by atoms with Crippen molar-refractivity contribution in [2.75, 3.05) is 7.11 Å². The summed E-state index contributed by atoms with van der Waals surface area (Å²) < 4.78 is 10.3. The molecule has 0 aliphatic carbocycles. The van der Waals surface area contributed by atoms with Crippen LogP contribution in [-0.2, 0) is 22.4 Å². The number of methoxy groups -OCH3 is 1. The summed E-state index contributed by atoms with van der Waals surface area (Å²) in [6, 6.07) is 16.1. The summed E-state index contributed by atoms with van der Waals surface area (Å²) in [5.41, 5.74) is 9.12. The SMILES string of the molecule is COC(=O)C(Cc1c[nH]c2ccccc12)NC(=O)c1coc(C(N)Cc2ccccc2)n1. The number of benzene rings is 2. The maximum Gasteiger partial charge on any atom is 0.328 e. The highest BCUT2D eigenvalue weighted by Crippen LogP contribution is 2.20. The Morgan fingerprint density at radius 2 is 1.88 bits per heavy atom. The number of amides is 1. The third kappa shape index (κ3) is 4.70. The summed E-state index contributed by atoms with van der Waals surface area (Å²) in [6.07, 6.45) is 3.85. The lowest BCUT2D eigenvalue weighted by Gasteiger charge is -2.15. The van der Waals surface area contributed by atoms with Gasteiger partial charge in [0.1, 0.15) is 12.3 Å². The van der Waals surface area contributed by atoms with Crippen LogP contribution in [0.3, 0.4) is 0 Å². The van der Waals surface area contributed by atoms with E-state index < -0.39 is 24.0 Å². The number of nitrogens with one attached hydrogen (secondary N) is 2. The van der Waals surface area contributed by atoms with Gasteiger partial charge >= 0.3 is 5.97 Å². The third-order valence-electron chi connectivity index (χ3n) is 5.26. The average molecular weight is 432 g/mol. The minimum atomic E-state index is -0.884. The largest absolute Gasteiger partial charge is 0.467 e.